The average molecular weight is 466 g/mol. The zero-order valence-corrected chi connectivity index (χ0v) is 20.1. The fraction of sp³-hybridized carbons (Fsp3) is 0.385. The quantitative estimate of drug-likeness (QED) is 0.295. The number of nitrogens with zero attached hydrogens (tertiary/aromatic N) is 3. The fourth-order valence-electron chi connectivity index (χ4n) is 3.17. The summed E-state index contributed by atoms with van der Waals surface area (Å²) in [5.74, 6) is 0.997. The lowest BCUT2D eigenvalue weighted by molar-refractivity contribution is -0.143. The zero-order chi connectivity index (χ0) is 24.6. The molecule has 1 heterocycles. The van der Waals surface area contributed by atoms with Crippen molar-refractivity contribution in [2.45, 2.75) is 46.8 Å². The summed E-state index contributed by atoms with van der Waals surface area (Å²) in [6, 6.07) is 15.3. The number of Topliss-reactive ketones (excluding diaryl/α,β-unsaturated/α-hetero) is 1. The standard InChI is InChI=1S/C26H31N3O5/c1-5-32-23(30)7-6-16-33-21-12-8-19(9-13-21)20-10-14-22(15-11-20)34-25(24(31)26(2,3)4)29-18-27-17-28-29/h8-15,17-18,25H,5-7,16H2,1-4H3. The number of rotatable bonds is 11. The lowest BCUT2D eigenvalue weighted by atomic mass is 9.90. The molecule has 0 spiro atoms. The maximum absolute atomic E-state index is 12.9. The Balaban J connectivity index is 1.60. The van der Waals surface area contributed by atoms with Gasteiger partial charge in [0, 0.05) is 11.8 Å². The second kappa shape index (κ2) is 11.4. The Labute approximate surface area is 199 Å². The van der Waals surface area contributed by atoms with Crippen LogP contribution in [0.3, 0.4) is 0 Å². The van der Waals surface area contributed by atoms with E-state index in [1.165, 1.54) is 17.3 Å². The minimum absolute atomic E-state index is 0.0973. The number of esters is 1. The number of hydrogen-bond acceptors (Lipinski definition) is 7. The number of carbonyl (C=O) groups excluding carboxylic acids is 2. The first-order valence-corrected chi connectivity index (χ1v) is 11.3. The highest BCUT2D eigenvalue weighted by Gasteiger charge is 2.33. The molecule has 180 valence electrons. The molecule has 0 saturated carbocycles. The predicted molar refractivity (Wildman–Crippen MR) is 127 cm³/mol. The molecular formula is C26H31N3O5. The van der Waals surface area contributed by atoms with Crippen molar-refractivity contribution in [2.75, 3.05) is 13.2 Å². The Morgan fingerprint density at radius 2 is 1.59 bits per heavy atom. The van der Waals surface area contributed by atoms with Gasteiger partial charge in [-0.05, 0) is 48.7 Å². The first-order valence-electron chi connectivity index (χ1n) is 11.3. The molecule has 8 heteroatoms. The van der Waals surface area contributed by atoms with Crippen LogP contribution in [-0.4, -0.2) is 39.7 Å². The molecule has 0 N–H and O–H groups in total. The van der Waals surface area contributed by atoms with Gasteiger partial charge in [0.05, 0.1) is 13.2 Å². The van der Waals surface area contributed by atoms with Gasteiger partial charge >= 0.3 is 5.97 Å². The van der Waals surface area contributed by atoms with E-state index in [1.54, 1.807) is 6.92 Å². The topological polar surface area (TPSA) is 92.5 Å². The van der Waals surface area contributed by atoms with Gasteiger partial charge in [0.1, 0.15) is 24.2 Å². The molecule has 3 rings (SSSR count). The maximum Gasteiger partial charge on any atom is 0.305 e. The van der Waals surface area contributed by atoms with Crippen LogP contribution in [0.5, 0.6) is 11.5 Å². The number of hydrogen-bond donors (Lipinski definition) is 0. The van der Waals surface area contributed by atoms with E-state index >= 15 is 0 Å². The van der Waals surface area contributed by atoms with Crippen LogP contribution >= 0.6 is 0 Å². The van der Waals surface area contributed by atoms with Gasteiger partial charge in [0.2, 0.25) is 5.78 Å². The van der Waals surface area contributed by atoms with E-state index in [-0.39, 0.29) is 11.8 Å². The molecule has 0 amide bonds. The van der Waals surface area contributed by atoms with Crippen molar-refractivity contribution in [1.29, 1.82) is 0 Å². The Bertz CT molecular complexity index is 1060. The number of aromatic nitrogens is 3. The molecule has 3 aromatic rings. The van der Waals surface area contributed by atoms with Crippen molar-refractivity contribution in [3.63, 3.8) is 0 Å². The van der Waals surface area contributed by atoms with Gasteiger partial charge in [-0.2, -0.15) is 5.10 Å². The lowest BCUT2D eigenvalue weighted by Crippen LogP contribution is -2.34. The minimum Gasteiger partial charge on any atom is -0.494 e. The van der Waals surface area contributed by atoms with Crippen molar-refractivity contribution in [1.82, 2.24) is 14.8 Å². The predicted octanol–water partition coefficient (Wildman–Crippen LogP) is 4.86. The third-order valence-electron chi connectivity index (χ3n) is 5.03. The summed E-state index contributed by atoms with van der Waals surface area (Å²) in [4.78, 5) is 28.2. The number of carbonyl (C=O) groups is 2. The smallest absolute Gasteiger partial charge is 0.305 e. The van der Waals surface area contributed by atoms with Crippen LogP contribution < -0.4 is 9.47 Å². The molecule has 0 aliphatic heterocycles. The highest BCUT2D eigenvalue weighted by molar-refractivity contribution is 5.86. The van der Waals surface area contributed by atoms with Gasteiger partial charge < -0.3 is 14.2 Å². The van der Waals surface area contributed by atoms with E-state index in [2.05, 4.69) is 10.1 Å². The number of ketones is 1. The van der Waals surface area contributed by atoms with Crippen molar-refractivity contribution < 1.29 is 23.8 Å². The summed E-state index contributed by atoms with van der Waals surface area (Å²) in [5, 5.41) is 4.09. The third kappa shape index (κ3) is 6.91. The minimum atomic E-state index is -0.895. The molecule has 34 heavy (non-hydrogen) atoms. The SMILES string of the molecule is CCOC(=O)CCCOc1ccc(-c2ccc(OC(C(=O)C(C)(C)C)n3cncn3)cc2)cc1. The summed E-state index contributed by atoms with van der Waals surface area (Å²) < 4.78 is 18.0. The molecule has 1 aromatic heterocycles. The second-order valence-corrected chi connectivity index (χ2v) is 8.77. The molecule has 1 atom stereocenters. The Kier molecular flexibility index (Phi) is 8.40. The molecule has 0 saturated heterocycles. The van der Waals surface area contributed by atoms with E-state index in [0.717, 1.165) is 16.9 Å². The van der Waals surface area contributed by atoms with Crippen LogP contribution in [0.25, 0.3) is 11.1 Å². The number of benzene rings is 2. The van der Waals surface area contributed by atoms with Crippen LogP contribution in [0.15, 0.2) is 61.2 Å². The molecule has 0 bridgehead atoms. The van der Waals surface area contributed by atoms with Crippen LogP contribution in [0, 0.1) is 5.41 Å². The van der Waals surface area contributed by atoms with Crippen molar-refractivity contribution in [3.8, 4) is 22.6 Å². The van der Waals surface area contributed by atoms with E-state index < -0.39 is 11.6 Å². The van der Waals surface area contributed by atoms with Crippen molar-refractivity contribution >= 4 is 11.8 Å². The van der Waals surface area contributed by atoms with Gasteiger partial charge in [0.25, 0.3) is 6.23 Å². The molecular weight excluding hydrogens is 434 g/mol. The molecule has 8 nitrogen and oxygen atoms in total. The third-order valence-corrected chi connectivity index (χ3v) is 5.03. The molecule has 1 unspecified atom stereocenters. The van der Waals surface area contributed by atoms with E-state index in [4.69, 9.17) is 14.2 Å². The van der Waals surface area contributed by atoms with Crippen LogP contribution in [0.4, 0.5) is 0 Å². The Morgan fingerprint density at radius 3 is 2.12 bits per heavy atom. The molecule has 2 aromatic carbocycles. The highest BCUT2D eigenvalue weighted by atomic mass is 16.5. The van der Waals surface area contributed by atoms with Gasteiger partial charge in [-0.15, -0.1) is 0 Å². The van der Waals surface area contributed by atoms with E-state index in [1.807, 2.05) is 69.3 Å². The zero-order valence-electron chi connectivity index (χ0n) is 20.1. The summed E-state index contributed by atoms with van der Waals surface area (Å²) in [5.41, 5.74) is 1.42. The van der Waals surface area contributed by atoms with Gasteiger partial charge in [-0.1, -0.05) is 45.0 Å². The summed E-state index contributed by atoms with van der Waals surface area (Å²) >= 11 is 0. The highest BCUT2D eigenvalue weighted by Crippen LogP contribution is 2.29. The van der Waals surface area contributed by atoms with Crippen LogP contribution in [0.1, 0.15) is 46.8 Å². The van der Waals surface area contributed by atoms with E-state index in [9.17, 15) is 9.59 Å². The van der Waals surface area contributed by atoms with Gasteiger partial charge in [-0.25, -0.2) is 9.67 Å². The van der Waals surface area contributed by atoms with Gasteiger partial charge in [0.15, 0.2) is 0 Å². The van der Waals surface area contributed by atoms with Crippen molar-refractivity contribution in [2.24, 2.45) is 5.41 Å². The Hall–Kier alpha value is -3.68. The van der Waals surface area contributed by atoms with Crippen molar-refractivity contribution in [3.05, 3.63) is 61.2 Å². The van der Waals surface area contributed by atoms with Gasteiger partial charge in [-0.3, -0.25) is 9.59 Å². The average Bonchev–Trinajstić information content (AvgIpc) is 3.35. The van der Waals surface area contributed by atoms with Crippen LogP contribution in [-0.2, 0) is 14.3 Å². The maximum atomic E-state index is 12.9. The first kappa shape index (κ1) is 25.0. The number of ether oxygens (including phenoxy) is 3. The molecule has 0 aliphatic rings. The Morgan fingerprint density at radius 1 is 0.971 bits per heavy atom. The molecule has 0 fully saturated rings. The van der Waals surface area contributed by atoms with E-state index in [0.29, 0.717) is 31.8 Å². The summed E-state index contributed by atoms with van der Waals surface area (Å²) in [6.07, 6.45) is 2.91. The summed E-state index contributed by atoms with van der Waals surface area (Å²) in [7, 11) is 0. The van der Waals surface area contributed by atoms with Crippen LogP contribution in [0.2, 0.25) is 0 Å². The second-order valence-electron chi connectivity index (χ2n) is 8.77. The molecule has 0 aliphatic carbocycles. The fourth-order valence-corrected chi connectivity index (χ4v) is 3.17. The largest absolute Gasteiger partial charge is 0.494 e. The first-order chi connectivity index (χ1) is 16.3. The normalized spacial score (nSPS) is 12.1. The lowest BCUT2D eigenvalue weighted by Gasteiger charge is -2.25. The monoisotopic (exact) mass is 465 g/mol. The molecule has 0 radical (unpaired) electrons. The summed E-state index contributed by atoms with van der Waals surface area (Å²) in [6.45, 7) is 8.18.